The Hall–Kier alpha value is -0.0900. The standard InChI is InChI=1S/C10H10ClIO/c1-2-9(10(11)13)7-3-5-8(12)6-4-7/h3-6,9H,2H2,1H3. The maximum atomic E-state index is 11.0. The van der Waals surface area contributed by atoms with Crippen LogP contribution in [0, 0.1) is 3.57 Å². The first-order chi connectivity index (χ1) is 6.15. The molecule has 3 heteroatoms. The van der Waals surface area contributed by atoms with Crippen molar-refractivity contribution in [2.75, 3.05) is 0 Å². The molecular formula is C10H10ClIO. The highest BCUT2D eigenvalue weighted by molar-refractivity contribution is 14.1. The fourth-order valence-corrected chi connectivity index (χ4v) is 1.86. The lowest BCUT2D eigenvalue weighted by Crippen LogP contribution is -2.04. The summed E-state index contributed by atoms with van der Waals surface area (Å²) < 4.78 is 1.17. The molecule has 1 nitrogen and oxygen atoms in total. The van der Waals surface area contributed by atoms with Crippen LogP contribution in [0.2, 0.25) is 0 Å². The van der Waals surface area contributed by atoms with Gasteiger partial charge in [0, 0.05) is 3.57 Å². The third-order valence-corrected chi connectivity index (χ3v) is 2.94. The van der Waals surface area contributed by atoms with Crippen LogP contribution < -0.4 is 0 Å². The molecule has 1 atom stereocenters. The van der Waals surface area contributed by atoms with Crippen LogP contribution in [-0.2, 0) is 4.79 Å². The Balaban J connectivity index is 2.92. The molecular weight excluding hydrogens is 298 g/mol. The van der Waals surface area contributed by atoms with E-state index < -0.39 is 0 Å². The summed E-state index contributed by atoms with van der Waals surface area (Å²) in [5.41, 5.74) is 1.00. The molecule has 0 amide bonds. The van der Waals surface area contributed by atoms with Gasteiger partial charge < -0.3 is 0 Å². The minimum atomic E-state index is -0.274. The molecule has 70 valence electrons. The van der Waals surface area contributed by atoms with Gasteiger partial charge in [0.1, 0.15) is 0 Å². The molecule has 0 spiro atoms. The van der Waals surface area contributed by atoms with Crippen LogP contribution in [0.15, 0.2) is 24.3 Å². The van der Waals surface area contributed by atoms with Crippen molar-refractivity contribution >= 4 is 39.4 Å². The average molecular weight is 309 g/mol. The van der Waals surface area contributed by atoms with Crippen molar-refractivity contribution in [1.29, 1.82) is 0 Å². The number of carbonyl (C=O) groups is 1. The molecule has 0 radical (unpaired) electrons. The lowest BCUT2D eigenvalue weighted by molar-refractivity contribution is -0.113. The first-order valence-corrected chi connectivity index (χ1v) is 5.55. The smallest absolute Gasteiger partial charge is 0.229 e. The molecule has 1 aromatic rings. The van der Waals surface area contributed by atoms with Crippen molar-refractivity contribution < 1.29 is 4.79 Å². The quantitative estimate of drug-likeness (QED) is 0.616. The number of hydrogen-bond donors (Lipinski definition) is 0. The summed E-state index contributed by atoms with van der Waals surface area (Å²) in [4.78, 5) is 11.0. The second kappa shape index (κ2) is 4.96. The van der Waals surface area contributed by atoms with Crippen LogP contribution in [0.25, 0.3) is 0 Å². The Bertz CT molecular complexity index is 294. The molecule has 0 aliphatic heterocycles. The molecule has 0 saturated heterocycles. The maximum absolute atomic E-state index is 11.0. The van der Waals surface area contributed by atoms with Crippen molar-refractivity contribution in [2.24, 2.45) is 0 Å². The van der Waals surface area contributed by atoms with Gasteiger partial charge in [-0.3, -0.25) is 4.79 Å². The number of hydrogen-bond acceptors (Lipinski definition) is 1. The third-order valence-electron chi connectivity index (χ3n) is 1.95. The van der Waals surface area contributed by atoms with Gasteiger partial charge in [0.05, 0.1) is 5.92 Å². The zero-order valence-corrected chi connectivity index (χ0v) is 10.2. The van der Waals surface area contributed by atoms with Crippen molar-refractivity contribution in [3.05, 3.63) is 33.4 Å². The summed E-state index contributed by atoms with van der Waals surface area (Å²) in [7, 11) is 0. The summed E-state index contributed by atoms with van der Waals surface area (Å²) in [6.45, 7) is 1.96. The highest BCUT2D eigenvalue weighted by atomic mass is 127. The minimum absolute atomic E-state index is 0.154. The highest BCUT2D eigenvalue weighted by Crippen LogP contribution is 2.22. The molecule has 0 aliphatic carbocycles. The fourth-order valence-electron chi connectivity index (χ4n) is 1.22. The monoisotopic (exact) mass is 308 g/mol. The van der Waals surface area contributed by atoms with Crippen molar-refractivity contribution in [2.45, 2.75) is 19.3 Å². The van der Waals surface area contributed by atoms with Gasteiger partial charge >= 0.3 is 0 Å². The molecule has 1 aromatic carbocycles. The molecule has 1 rings (SSSR count). The second-order valence-corrected chi connectivity index (χ2v) is 4.43. The predicted octanol–water partition coefficient (Wildman–Crippen LogP) is 3.55. The molecule has 0 saturated carbocycles. The Kier molecular flexibility index (Phi) is 4.19. The lowest BCUT2D eigenvalue weighted by Gasteiger charge is -2.09. The molecule has 0 aliphatic rings. The van der Waals surface area contributed by atoms with E-state index in [2.05, 4.69) is 22.6 Å². The van der Waals surface area contributed by atoms with Gasteiger partial charge in [0.2, 0.25) is 5.24 Å². The Morgan fingerprint density at radius 1 is 1.46 bits per heavy atom. The van der Waals surface area contributed by atoms with Gasteiger partial charge in [-0.05, 0) is 58.3 Å². The van der Waals surface area contributed by atoms with E-state index >= 15 is 0 Å². The molecule has 0 aromatic heterocycles. The zero-order chi connectivity index (χ0) is 9.84. The third kappa shape index (κ3) is 2.95. The zero-order valence-electron chi connectivity index (χ0n) is 7.26. The first kappa shape index (κ1) is 11.0. The Morgan fingerprint density at radius 2 is 2.00 bits per heavy atom. The van der Waals surface area contributed by atoms with Gasteiger partial charge in [0.15, 0.2) is 0 Å². The van der Waals surface area contributed by atoms with Crippen LogP contribution in [0.3, 0.4) is 0 Å². The topological polar surface area (TPSA) is 17.1 Å². The highest BCUT2D eigenvalue weighted by Gasteiger charge is 2.15. The van der Waals surface area contributed by atoms with Crippen LogP contribution in [-0.4, -0.2) is 5.24 Å². The van der Waals surface area contributed by atoms with E-state index in [1.165, 1.54) is 3.57 Å². The summed E-state index contributed by atoms with van der Waals surface area (Å²) >= 11 is 7.71. The Labute approximate surface area is 96.6 Å². The van der Waals surface area contributed by atoms with E-state index in [1.807, 2.05) is 31.2 Å². The van der Waals surface area contributed by atoms with Gasteiger partial charge in [0.25, 0.3) is 0 Å². The summed E-state index contributed by atoms with van der Waals surface area (Å²) in [6.07, 6.45) is 0.753. The van der Waals surface area contributed by atoms with E-state index in [4.69, 9.17) is 11.6 Å². The average Bonchev–Trinajstić information content (AvgIpc) is 2.09. The van der Waals surface area contributed by atoms with Crippen LogP contribution in [0.1, 0.15) is 24.8 Å². The first-order valence-electron chi connectivity index (χ1n) is 4.10. The predicted molar refractivity (Wildman–Crippen MR) is 63.1 cm³/mol. The summed E-state index contributed by atoms with van der Waals surface area (Å²) in [6, 6.07) is 7.88. The summed E-state index contributed by atoms with van der Waals surface area (Å²) in [5.74, 6) is -0.154. The van der Waals surface area contributed by atoms with E-state index in [-0.39, 0.29) is 11.2 Å². The number of carbonyl (C=O) groups excluding carboxylic acids is 1. The van der Waals surface area contributed by atoms with E-state index in [0.717, 1.165) is 12.0 Å². The van der Waals surface area contributed by atoms with Gasteiger partial charge in [-0.15, -0.1) is 0 Å². The maximum Gasteiger partial charge on any atom is 0.229 e. The van der Waals surface area contributed by atoms with E-state index in [1.54, 1.807) is 0 Å². The van der Waals surface area contributed by atoms with Crippen molar-refractivity contribution in [3.8, 4) is 0 Å². The van der Waals surface area contributed by atoms with Crippen molar-refractivity contribution in [3.63, 3.8) is 0 Å². The van der Waals surface area contributed by atoms with Gasteiger partial charge in [-0.25, -0.2) is 0 Å². The van der Waals surface area contributed by atoms with Crippen LogP contribution in [0.4, 0.5) is 0 Å². The second-order valence-electron chi connectivity index (χ2n) is 2.82. The van der Waals surface area contributed by atoms with Crippen molar-refractivity contribution in [1.82, 2.24) is 0 Å². The number of halogens is 2. The fraction of sp³-hybridized carbons (Fsp3) is 0.300. The molecule has 0 N–H and O–H groups in total. The minimum Gasteiger partial charge on any atom is -0.281 e. The number of rotatable bonds is 3. The van der Waals surface area contributed by atoms with E-state index in [9.17, 15) is 4.79 Å². The largest absolute Gasteiger partial charge is 0.281 e. The van der Waals surface area contributed by atoms with Gasteiger partial charge in [-0.1, -0.05) is 19.1 Å². The van der Waals surface area contributed by atoms with Gasteiger partial charge in [-0.2, -0.15) is 0 Å². The Morgan fingerprint density at radius 3 is 2.38 bits per heavy atom. The summed E-state index contributed by atoms with van der Waals surface area (Å²) in [5, 5.41) is -0.274. The molecule has 0 fully saturated rings. The number of benzene rings is 1. The molecule has 1 unspecified atom stereocenters. The van der Waals surface area contributed by atoms with Crippen LogP contribution >= 0.6 is 34.2 Å². The molecule has 13 heavy (non-hydrogen) atoms. The van der Waals surface area contributed by atoms with Crippen LogP contribution in [0.5, 0.6) is 0 Å². The normalized spacial score (nSPS) is 12.5. The SMILES string of the molecule is CCC(C(=O)Cl)c1ccc(I)cc1. The molecule has 0 bridgehead atoms. The molecule has 0 heterocycles. The lowest BCUT2D eigenvalue weighted by atomic mass is 9.98. The van der Waals surface area contributed by atoms with E-state index in [0.29, 0.717) is 0 Å².